The van der Waals surface area contributed by atoms with Gasteiger partial charge in [0.1, 0.15) is 0 Å². The van der Waals surface area contributed by atoms with Crippen molar-refractivity contribution in [3.05, 3.63) is 34.9 Å². The summed E-state index contributed by atoms with van der Waals surface area (Å²) < 4.78 is 0. The van der Waals surface area contributed by atoms with E-state index in [1.807, 2.05) is 18.2 Å². The standard InChI is InChI=1S/C13H15N3OS/c1-8(17)9-4-2-6-11-10(9)5-3-7-12(11)15-16-13(14)18/h2,4,6H,3,5,7H2,1H3,(H3,14,16,18)/b15-12+. The predicted octanol–water partition coefficient (Wildman–Crippen LogP) is 1.76. The highest BCUT2D eigenvalue weighted by Gasteiger charge is 2.19. The van der Waals surface area contributed by atoms with Crippen LogP contribution in [0.2, 0.25) is 0 Å². The molecular weight excluding hydrogens is 246 g/mol. The number of fused-ring (bicyclic) bond motifs is 1. The summed E-state index contributed by atoms with van der Waals surface area (Å²) in [6.45, 7) is 1.59. The van der Waals surface area contributed by atoms with Crippen molar-refractivity contribution in [3.8, 4) is 0 Å². The number of Topliss-reactive ketones (excluding diaryl/α,β-unsaturated/α-hetero) is 1. The van der Waals surface area contributed by atoms with Crippen molar-refractivity contribution in [2.45, 2.75) is 26.2 Å². The number of nitrogens with one attached hydrogen (secondary N) is 1. The van der Waals surface area contributed by atoms with Crippen LogP contribution in [0.25, 0.3) is 0 Å². The first kappa shape index (κ1) is 12.7. The third-order valence-electron chi connectivity index (χ3n) is 3.01. The molecule has 1 aliphatic rings. The second kappa shape index (κ2) is 5.27. The molecular formula is C13H15N3OS. The van der Waals surface area contributed by atoms with Crippen LogP contribution >= 0.6 is 12.2 Å². The van der Waals surface area contributed by atoms with E-state index in [0.29, 0.717) is 0 Å². The lowest BCUT2D eigenvalue weighted by Crippen LogP contribution is -2.27. The average molecular weight is 261 g/mol. The minimum Gasteiger partial charge on any atom is -0.375 e. The van der Waals surface area contributed by atoms with Gasteiger partial charge in [0.2, 0.25) is 0 Å². The molecule has 0 atom stereocenters. The summed E-state index contributed by atoms with van der Waals surface area (Å²) in [6, 6.07) is 5.74. The van der Waals surface area contributed by atoms with E-state index in [1.54, 1.807) is 6.92 Å². The van der Waals surface area contributed by atoms with Crippen molar-refractivity contribution in [2.75, 3.05) is 0 Å². The fourth-order valence-electron chi connectivity index (χ4n) is 2.26. The molecule has 0 bridgehead atoms. The van der Waals surface area contributed by atoms with Gasteiger partial charge in [-0.3, -0.25) is 10.2 Å². The number of hydrazone groups is 1. The van der Waals surface area contributed by atoms with Gasteiger partial charge in [-0.25, -0.2) is 0 Å². The third-order valence-corrected chi connectivity index (χ3v) is 3.10. The highest BCUT2D eigenvalue weighted by atomic mass is 32.1. The maximum atomic E-state index is 11.6. The van der Waals surface area contributed by atoms with Crippen molar-refractivity contribution in [1.29, 1.82) is 0 Å². The summed E-state index contributed by atoms with van der Waals surface area (Å²) in [5.41, 5.74) is 11.8. The lowest BCUT2D eigenvalue weighted by molar-refractivity contribution is 0.101. The van der Waals surface area contributed by atoms with Gasteiger partial charge in [0.15, 0.2) is 10.9 Å². The van der Waals surface area contributed by atoms with Gasteiger partial charge < -0.3 is 5.73 Å². The van der Waals surface area contributed by atoms with E-state index in [-0.39, 0.29) is 10.9 Å². The molecule has 18 heavy (non-hydrogen) atoms. The zero-order valence-corrected chi connectivity index (χ0v) is 11.0. The molecule has 3 N–H and O–H groups in total. The van der Waals surface area contributed by atoms with E-state index in [0.717, 1.165) is 41.7 Å². The Morgan fingerprint density at radius 3 is 2.89 bits per heavy atom. The minimum atomic E-state index is 0.0930. The molecule has 0 saturated carbocycles. The quantitative estimate of drug-likeness (QED) is 0.483. The van der Waals surface area contributed by atoms with Crippen molar-refractivity contribution >= 4 is 28.8 Å². The lowest BCUT2D eigenvalue weighted by Gasteiger charge is -2.20. The molecule has 94 valence electrons. The van der Waals surface area contributed by atoms with Crippen LogP contribution in [0, 0.1) is 0 Å². The SMILES string of the molecule is CC(=O)c1cccc2c1CCC/C2=N\NC(N)=S. The van der Waals surface area contributed by atoms with E-state index >= 15 is 0 Å². The Balaban J connectivity index is 2.44. The van der Waals surface area contributed by atoms with Crippen LogP contribution < -0.4 is 11.2 Å². The predicted molar refractivity (Wildman–Crippen MR) is 75.8 cm³/mol. The number of nitrogens with two attached hydrogens (primary N) is 1. The number of nitrogens with zero attached hydrogens (tertiary/aromatic N) is 1. The van der Waals surface area contributed by atoms with Gasteiger partial charge in [0, 0.05) is 11.1 Å². The molecule has 1 aliphatic carbocycles. The molecule has 1 aromatic carbocycles. The number of carbonyl (C=O) groups is 1. The Morgan fingerprint density at radius 1 is 1.44 bits per heavy atom. The topological polar surface area (TPSA) is 67.5 Å². The van der Waals surface area contributed by atoms with Crippen molar-refractivity contribution in [1.82, 2.24) is 5.43 Å². The first-order chi connectivity index (χ1) is 8.59. The molecule has 2 rings (SSSR count). The summed E-state index contributed by atoms with van der Waals surface area (Å²) in [4.78, 5) is 11.6. The van der Waals surface area contributed by atoms with Gasteiger partial charge in [-0.05, 0) is 44.0 Å². The third kappa shape index (κ3) is 2.56. The second-order valence-corrected chi connectivity index (χ2v) is 4.72. The van der Waals surface area contributed by atoms with Gasteiger partial charge in [-0.15, -0.1) is 0 Å². The van der Waals surface area contributed by atoms with Crippen LogP contribution in [0.3, 0.4) is 0 Å². The molecule has 5 heteroatoms. The molecule has 4 nitrogen and oxygen atoms in total. The zero-order chi connectivity index (χ0) is 13.1. The monoisotopic (exact) mass is 261 g/mol. The van der Waals surface area contributed by atoms with Crippen molar-refractivity contribution in [3.63, 3.8) is 0 Å². The fraction of sp³-hybridized carbons (Fsp3) is 0.308. The summed E-state index contributed by atoms with van der Waals surface area (Å²) in [7, 11) is 0. The zero-order valence-electron chi connectivity index (χ0n) is 10.2. The minimum absolute atomic E-state index is 0.0930. The number of thiocarbonyl (C=S) groups is 1. The van der Waals surface area contributed by atoms with Gasteiger partial charge >= 0.3 is 0 Å². The molecule has 1 aromatic rings. The molecule has 0 spiro atoms. The molecule has 0 unspecified atom stereocenters. The Morgan fingerprint density at radius 2 is 2.22 bits per heavy atom. The summed E-state index contributed by atoms with van der Waals surface area (Å²) >= 11 is 4.74. The molecule has 0 fully saturated rings. The summed E-state index contributed by atoms with van der Waals surface area (Å²) in [5.74, 6) is 0.0930. The van der Waals surface area contributed by atoms with Gasteiger partial charge in [-0.1, -0.05) is 18.2 Å². The number of ketones is 1. The van der Waals surface area contributed by atoms with Crippen LogP contribution in [0.5, 0.6) is 0 Å². The number of hydrogen-bond acceptors (Lipinski definition) is 3. The Kier molecular flexibility index (Phi) is 3.72. The Hall–Kier alpha value is -1.75. The summed E-state index contributed by atoms with van der Waals surface area (Å²) in [6.07, 6.45) is 2.76. The van der Waals surface area contributed by atoms with Crippen LogP contribution in [0.15, 0.2) is 23.3 Å². The first-order valence-corrected chi connectivity index (χ1v) is 6.25. The van der Waals surface area contributed by atoms with E-state index in [1.165, 1.54) is 0 Å². The highest BCUT2D eigenvalue weighted by molar-refractivity contribution is 7.80. The molecule has 0 saturated heterocycles. The second-order valence-electron chi connectivity index (χ2n) is 4.28. The van der Waals surface area contributed by atoms with Gasteiger partial charge in [0.25, 0.3) is 0 Å². The molecule has 0 radical (unpaired) electrons. The van der Waals surface area contributed by atoms with E-state index in [2.05, 4.69) is 10.5 Å². The Bertz CT molecular complexity index is 537. The largest absolute Gasteiger partial charge is 0.375 e. The summed E-state index contributed by atoms with van der Waals surface area (Å²) in [5, 5.41) is 4.36. The number of benzene rings is 1. The van der Waals surface area contributed by atoms with Gasteiger partial charge in [-0.2, -0.15) is 5.10 Å². The van der Waals surface area contributed by atoms with Crippen molar-refractivity contribution < 1.29 is 4.79 Å². The van der Waals surface area contributed by atoms with E-state index in [9.17, 15) is 4.79 Å². The average Bonchev–Trinajstić information content (AvgIpc) is 2.35. The maximum Gasteiger partial charge on any atom is 0.184 e. The number of carbonyl (C=O) groups excluding carboxylic acids is 1. The maximum absolute atomic E-state index is 11.6. The smallest absolute Gasteiger partial charge is 0.184 e. The van der Waals surface area contributed by atoms with Gasteiger partial charge in [0.05, 0.1) is 5.71 Å². The molecule has 0 aliphatic heterocycles. The van der Waals surface area contributed by atoms with Crippen LogP contribution in [-0.4, -0.2) is 16.6 Å². The molecule has 0 heterocycles. The molecule has 0 amide bonds. The van der Waals surface area contributed by atoms with Crippen LogP contribution in [-0.2, 0) is 6.42 Å². The first-order valence-electron chi connectivity index (χ1n) is 5.85. The fourth-order valence-corrected chi connectivity index (χ4v) is 2.31. The Labute approximate surface area is 111 Å². The van der Waals surface area contributed by atoms with E-state index < -0.39 is 0 Å². The van der Waals surface area contributed by atoms with Crippen LogP contribution in [0.4, 0.5) is 0 Å². The number of rotatable bonds is 2. The van der Waals surface area contributed by atoms with Crippen molar-refractivity contribution in [2.24, 2.45) is 10.8 Å². The lowest BCUT2D eigenvalue weighted by atomic mass is 9.86. The molecule has 0 aromatic heterocycles. The van der Waals surface area contributed by atoms with Crippen LogP contribution in [0.1, 0.15) is 41.3 Å². The number of hydrogen-bond donors (Lipinski definition) is 2. The highest BCUT2D eigenvalue weighted by Crippen LogP contribution is 2.25. The van der Waals surface area contributed by atoms with E-state index in [4.69, 9.17) is 18.0 Å². The normalized spacial score (nSPS) is 16.2.